The lowest BCUT2D eigenvalue weighted by Crippen LogP contribution is -2.27. The number of nitrogens with one attached hydrogen (secondary N) is 1. The Labute approximate surface area is 141 Å². The zero-order valence-corrected chi connectivity index (χ0v) is 14.0. The van der Waals surface area contributed by atoms with Gasteiger partial charge in [0.05, 0.1) is 11.4 Å². The highest BCUT2D eigenvalue weighted by atomic mass is 79.9. The van der Waals surface area contributed by atoms with Gasteiger partial charge >= 0.3 is 0 Å². The van der Waals surface area contributed by atoms with Gasteiger partial charge in [-0.1, -0.05) is 15.9 Å². The Morgan fingerprint density at radius 3 is 2.57 bits per heavy atom. The normalized spacial score (nSPS) is 12.9. The molecular weight excluding hydrogens is 363 g/mol. The minimum Gasteiger partial charge on any atom is -0.320 e. The molecule has 0 aromatic heterocycles. The first-order valence-electron chi connectivity index (χ1n) is 7.13. The maximum absolute atomic E-state index is 13.0. The Morgan fingerprint density at radius 2 is 1.91 bits per heavy atom. The van der Waals surface area contributed by atoms with Crippen LogP contribution in [-0.4, -0.2) is 18.4 Å². The Morgan fingerprint density at radius 1 is 1.22 bits per heavy atom. The van der Waals surface area contributed by atoms with Crippen LogP contribution >= 0.6 is 15.9 Å². The molecule has 0 aliphatic carbocycles. The summed E-state index contributed by atoms with van der Waals surface area (Å²) in [6.45, 7) is 2.10. The van der Waals surface area contributed by atoms with Crippen LogP contribution in [0.1, 0.15) is 22.8 Å². The first kappa shape index (κ1) is 15.7. The molecule has 1 aliphatic rings. The van der Waals surface area contributed by atoms with Gasteiger partial charge in [0.1, 0.15) is 5.82 Å². The molecule has 0 radical (unpaired) electrons. The summed E-state index contributed by atoms with van der Waals surface area (Å²) in [7, 11) is 0. The van der Waals surface area contributed by atoms with E-state index in [0.717, 1.165) is 22.1 Å². The highest BCUT2D eigenvalue weighted by Gasteiger charge is 2.26. The van der Waals surface area contributed by atoms with Gasteiger partial charge in [-0.2, -0.15) is 0 Å². The van der Waals surface area contributed by atoms with Crippen LogP contribution in [0.4, 0.5) is 15.8 Å². The number of benzene rings is 2. The van der Waals surface area contributed by atoms with Crippen LogP contribution in [0.15, 0.2) is 40.9 Å². The molecule has 2 aromatic carbocycles. The van der Waals surface area contributed by atoms with E-state index < -0.39 is 5.82 Å². The van der Waals surface area contributed by atoms with Crippen molar-refractivity contribution in [1.29, 1.82) is 0 Å². The monoisotopic (exact) mass is 376 g/mol. The number of anilines is 2. The van der Waals surface area contributed by atoms with Crippen molar-refractivity contribution in [3.05, 3.63) is 57.8 Å². The fourth-order valence-electron chi connectivity index (χ4n) is 2.71. The number of carbonyl (C=O) groups excluding carboxylic acids is 2. The van der Waals surface area contributed by atoms with Crippen molar-refractivity contribution in [3.63, 3.8) is 0 Å². The summed E-state index contributed by atoms with van der Waals surface area (Å²) in [6, 6.07) is 9.04. The van der Waals surface area contributed by atoms with Gasteiger partial charge in [0.15, 0.2) is 0 Å². The molecule has 0 atom stereocenters. The smallest absolute Gasteiger partial charge is 0.255 e. The van der Waals surface area contributed by atoms with Crippen LogP contribution in [0.5, 0.6) is 0 Å². The number of hydrogen-bond donors (Lipinski definition) is 1. The average molecular weight is 377 g/mol. The van der Waals surface area contributed by atoms with Crippen LogP contribution in [0.2, 0.25) is 0 Å². The molecule has 4 nitrogen and oxygen atoms in total. The van der Waals surface area contributed by atoms with Gasteiger partial charge in [0.25, 0.3) is 5.91 Å². The van der Waals surface area contributed by atoms with Crippen molar-refractivity contribution in [1.82, 2.24) is 0 Å². The minimum atomic E-state index is -0.396. The third-order valence-corrected chi connectivity index (χ3v) is 4.22. The lowest BCUT2D eigenvalue weighted by atomic mass is 10.1. The molecule has 0 unspecified atom stereocenters. The Balaban J connectivity index is 1.95. The summed E-state index contributed by atoms with van der Waals surface area (Å²) in [5.41, 5.74) is 2.66. The van der Waals surface area contributed by atoms with E-state index in [0.29, 0.717) is 17.8 Å². The lowest BCUT2D eigenvalue weighted by Gasteiger charge is -2.19. The maximum Gasteiger partial charge on any atom is 0.255 e. The van der Waals surface area contributed by atoms with Gasteiger partial charge in [-0.3, -0.25) is 9.59 Å². The fourth-order valence-corrected chi connectivity index (χ4v) is 3.22. The second-order valence-corrected chi connectivity index (χ2v) is 6.26. The summed E-state index contributed by atoms with van der Waals surface area (Å²) < 4.78 is 13.8. The van der Waals surface area contributed by atoms with Crippen LogP contribution in [0.25, 0.3) is 0 Å². The zero-order chi connectivity index (χ0) is 16.6. The number of hydrogen-bond acceptors (Lipinski definition) is 2. The lowest BCUT2D eigenvalue weighted by molar-refractivity contribution is -0.116. The number of amides is 2. The number of fused-ring (bicyclic) bond motifs is 1. The molecule has 23 heavy (non-hydrogen) atoms. The van der Waals surface area contributed by atoms with Crippen LogP contribution < -0.4 is 10.2 Å². The van der Waals surface area contributed by atoms with Crippen molar-refractivity contribution in [3.8, 4) is 0 Å². The minimum absolute atomic E-state index is 0.0663. The van der Waals surface area contributed by atoms with E-state index in [-0.39, 0.29) is 11.8 Å². The van der Waals surface area contributed by atoms with Gasteiger partial charge < -0.3 is 10.2 Å². The standard InChI is InChI=1S/C17H14BrFN2O2/c1-10(22)21-7-6-12-8-13(18)9-15(16(12)21)20-17(23)11-2-4-14(19)5-3-11/h2-5,8-9H,6-7H2,1H3,(H,20,23). The number of carbonyl (C=O) groups is 2. The molecule has 0 saturated carbocycles. The fraction of sp³-hybridized carbons (Fsp3) is 0.176. The number of halogens is 2. The van der Waals surface area contributed by atoms with Gasteiger partial charge in [0.2, 0.25) is 5.91 Å². The zero-order valence-electron chi connectivity index (χ0n) is 12.4. The van der Waals surface area contributed by atoms with Gasteiger partial charge in [-0.25, -0.2) is 4.39 Å². The molecular formula is C17H14BrFN2O2. The van der Waals surface area contributed by atoms with Crippen LogP contribution in [0, 0.1) is 5.82 Å². The Kier molecular flexibility index (Phi) is 4.17. The number of nitrogens with zero attached hydrogens (tertiary/aromatic N) is 1. The van der Waals surface area contributed by atoms with Crippen molar-refractivity contribution in [2.75, 3.05) is 16.8 Å². The van der Waals surface area contributed by atoms with Crippen molar-refractivity contribution < 1.29 is 14.0 Å². The summed E-state index contributed by atoms with van der Waals surface area (Å²) in [5, 5.41) is 2.82. The van der Waals surface area contributed by atoms with E-state index in [4.69, 9.17) is 0 Å². The molecule has 1 heterocycles. The first-order valence-corrected chi connectivity index (χ1v) is 7.92. The second kappa shape index (κ2) is 6.12. The molecule has 0 spiro atoms. The van der Waals surface area contributed by atoms with E-state index >= 15 is 0 Å². The number of rotatable bonds is 2. The van der Waals surface area contributed by atoms with Crippen LogP contribution in [0.3, 0.4) is 0 Å². The van der Waals surface area contributed by atoms with E-state index in [2.05, 4.69) is 21.2 Å². The molecule has 2 amide bonds. The van der Waals surface area contributed by atoms with E-state index in [1.807, 2.05) is 6.07 Å². The van der Waals surface area contributed by atoms with E-state index in [1.54, 1.807) is 11.0 Å². The Hall–Kier alpha value is -2.21. The molecule has 3 rings (SSSR count). The summed E-state index contributed by atoms with van der Waals surface area (Å²) in [6.07, 6.45) is 0.744. The quantitative estimate of drug-likeness (QED) is 0.867. The van der Waals surface area contributed by atoms with Gasteiger partial charge in [0, 0.05) is 23.5 Å². The highest BCUT2D eigenvalue weighted by molar-refractivity contribution is 9.10. The maximum atomic E-state index is 13.0. The van der Waals surface area contributed by atoms with E-state index in [1.165, 1.54) is 31.2 Å². The molecule has 1 N–H and O–H groups in total. The molecule has 118 valence electrons. The third kappa shape index (κ3) is 3.12. The molecule has 0 bridgehead atoms. The second-order valence-electron chi connectivity index (χ2n) is 5.34. The topological polar surface area (TPSA) is 49.4 Å². The molecule has 1 aliphatic heterocycles. The molecule has 0 saturated heterocycles. The summed E-state index contributed by atoms with van der Waals surface area (Å²) >= 11 is 3.42. The van der Waals surface area contributed by atoms with Crippen molar-refractivity contribution in [2.45, 2.75) is 13.3 Å². The van der Waals surface area contributed by atoms with Crippen LogP contribution in [-0.2, 0) is 11.2 Å². The third-order valence-electron chi connectivity index (χ3n) is 3.76. The Bertz CT molecular complexity index is 790. The van der Waals surface area contributed by atoms with Crippen molar-refractivity contribution >= 4 is 39.1 Å². The SMILES string of the molecule is CC(=O)N1CCc2cc(Br)cc(NC(=O)c3ccc(F)cc3)c21. The van der Waals surface area contributed by atoms with E-state index in [9.17, 15) is 14.0 Å². The van der Waals surface area contributed by atoms with Crippen molar-refractivity contribution in [2.24, 2.45) is 0 Å². The first-order chi connectivity index (χ1) is 11.0. The van der Waals surface area contributed by atoms with Gasteiger partial charge in [-0.15, -0.1) is 0 Å². The summed E-state index contributed by atoms with van der Waals surface area (Å²) in [4.78, 5) is 25.8. The predicted octanol–water partition coefficient (Wildman–Crippen LogP) is 3.75. The summed E-state index contributed by atoms with van der Waals surface area (Å²) in [5.74, 6) is -0.809. The molecule has 0 fully saturated rings. The molecule has 6 heteroatoms. The predicted molar refractivity (Wildman–Crippen MR) is 90.2 cm³/mol. The average Bonchev–Trinajstić information content (AvgIpc) is 2.91. The highest BCUT2D eigenvalue weighted by Crippen LogP contribution is 2.38. The molecule has 2 aromatic rings. The largest absolute Gasteiger partial charge is 0.320 e. The van der Waals surface area contributed by atoms with Gasteiger partial charge in [-0.05, 0) is 48.4 Å².